The smallest absolute Gasteiger partial charge is 1.00 e. The first-order valence-electron chi connectivity index (χ1n) is 8.02. The molecule has 0 nitrogen and oxygen atoms in total. The first-order chi connectivity index (χ1) is 9.93. The quantitative estimate of drug-likeness (QED) is 0.326. The molecule has 2 rings (SSSR count). The van der Waals surface area contributed by atoms with Gasteiger partial charge in [0.2, 0.25) is 0 Å². The van der Waals surface area contributed by atoms with Gasteiger partial charge in [-0.25, -0.2) is 22.8 Å². The minimum absolute atomic E-state index is 0. The summed E-state index contributed by atoms with van der Waals surface area (Å²) in [6.07, 6.45) is 12.1. The normalized spacial score (nSPS) is 18.2. The van der Waals surface area contributed by atoms with Gasteiger partial charge in [0.25, 0.3) is 0 Å². The van der Waals surface area contributed by atoms with Gasteiger partial charge in [0.1, 0.15) is 0 Å². The van der Waals surface area contributed by atoms with Crippen LogP contribution in [0.3, 0.4) is 0 Å². The Morgan fingerprint density at radius 1 is 1.12 bits per heavy atom. The summed E-state index contributed by atoms with van der Waals surface area (Å²) < 4.78 is 0. The summed E-state index contributed by atoms with van der Waals surface area (Å²) in [6, 6.07) is 0. The Morgan fingerprint density at radius 2 is 1.58 bits per heavy atom. The molecular weight excluding hydrogens is 475 g/mol. The molecule has 0 aliphatic heterocycles. The number of rotatable bonds is 0. The second kappa shape index (κ2) is 14.1. The van der Waals surface area contributed by atoms with E-state index in [2.05, 4.69) is 84.3 Å². The van der Waals surface area contributed by atoms with Gasteiger partial charge < -0.3 is 24.8 Å². The van der Waals surface area contributed by atoms with Gasteiger partial charge >= 0.3 is 43.1 Å². The minimum Gasteiger partial charge on any atom is -1.00 e. The molecule has 136 valence electrons. The second-order valence-electron chi connectivity index (χ2n) is 7.36. The van der Waals surface area contributed by atoms with Gasteiger partial charge in [-0.2, -0.15) is 11.6 Å². The van der Waals surface area contributed by atoms with Crippen LogP contribution in [-0.4, -0.2) is 9.98 Å². The molecule has 0 saturated heterocycles. The molecule has 0 N–H and O–H groups in total. The van der Waals surface area contributed by atoms with Crippen LogP contribution < -0.4 is 24.8 Å². The number of hydrogen-bond donors (Lipinski definition) is 0. The van der Waals surface area contributed by atoms with E-state index < -0.39 is 0 Å². The SMILES string of the molecule is CC1=[C-]C(C)C=C1C.CC1=[C-]CC(C(C)(C)C)=C1.[CH3][Ge]([CH3])=[Zr+2].[Cl-].[Cl-]. The zero-order valence-electron chi connectivity index (χ0n) is 16.7. The Hall–Kier alpha value is 0.966. The number of allylic oxidation sites excluding steroid dienone is 8. The fraction of sp³-hybridized carbons (Fsp3) is 0.600. The van der Waals surface area contributed by atoms with E-state index in [0.717, 1.165) is 6.42 Å². The van der Waals surface area contributed by atoms with Crippen molar-refractivity contribution in [2.45, 2.75) is 66.4 Å². The van der Waals surface area contributed by atoms with Crippen molar-refractivity contribution < 1.29 is 46.4 Å². The maximum Gasteiger partial charge on any atom is -1.00 e. The molecule has 2 aliphatic rings. The Morgan fingerprint density at radius 3 is 1.71 bits per heavy atom. The molecule has 0 bridgehead atoms. The first-order valence-corrected chi connectivity index (χ1v) is 19.7. The van der Waals surface area contributed by atoms with Gasteiger partial charge in [-0.15, -0.1) is 13.3 Å². The number of hydrogen-bond acceptors (Lipinski definition) is 0. The molecule has 0 amide bonds. The summed E-state index contributed by atoms with van der Waals surface area (Å²) in [5.74, 6) is 5.30. The molecular formula is C20H32Cl2GeZr-2. The molecule has 1 unspecified atom stereocenters. The molecule has 0 aromatic carbocycles. The molecule has 0 saturated carbocycles. The molecule has 2 aliphatic carbocycles. The van der Waals surface area contributed by atoms with Crippen molar-refractivity contribution in [1.82, 2.24) is 0 Å². The average molecular weight is 507 g/mol. The van der Waals surface area contributed by atoms with Crippen LogP contribution in [0, 0.1) is 23.5 Å². The molecule has 0 spiro atoms. The van der Waals surface area contributed by atoms with E-state index in [4.69, 9.17) is 0 Å². The molecule has 0 fully saturated rings. The maximum atomic E-state index is 3.30. The summed E-state index contributed by atoms with van der Waals surface area (Å²) in [5.41, 5.74) is 5.84. The zero-order chi connectivity index (χ0) is 17.5. The van der Waals surface area contributed by atoms with Gasteiger partial charge in [-0.05, 0) is 5.41 Å². The Bertz CT molecular complexity index is 498. The minimum atomic E-state index is -0.243. The van der Waals surface area contributed by atoms with Crippen molar-refractivity contribution in [2.24, 2.45) is 11.3 Å². The van der Waals surface area contributed by atoms with Crippen molar-refractivity contribution in [3.05, 3.63) is 46.6 Å². The van der Waals surface area contributed by atoms with Crippen molar-refractivity contribution in [2.75, 3.05) is 0 Å². The monoisotopic (exact) mass is 506 g/mol. The Balaban J connectivity index is -0.000000286. The fourth-order valence-electron chi connectivity index (χ4n) is 2.08. The second-order valence-corrected chi connectivity index (χ2v) is 24.3. The van der Waals surface area contributed by atoms with Crippen LogP contribution in [0.5, 0.6) is 0 Å². The topological polar surface area (TPSA) is 0 Å². The third-order valence-corrected chi connectivity index (χ3v) is 3.45. The van der Waals surface area contributed by atoms with E-state index in [1.165, 1.54) is 22.3 Å². The van der Waals surface area contributed by atoms with Crippen molar-refractivity contribution in [1.29, 1.82) is 0 Å². The van der Waals surface area contributed by atoms with Crippen LogP contribution >= 0.6 is 0 Å². The summed E-state index contributed by atoms with van der Waals surface area (Å²) in [4.78, 5) is 0. The fourth-order valence-corrected chi connectivity index (χ4v) is 2.08. The van der Waals surface area contributed by atoms with Gasteiger partial charge in [0.05, 0.1) is 0 Å². The summed E-state index contributed by atoms with van der Waals surface area (Å²) in [7, 11) is -0.243. The zero-order valence-corrected chi connectivity index (χ0v) is 22.8. The van der Waals surface area contributed by atoms with Crippen LogP contribution in [0.15, 0.2) is 34.4 Å². The van der Waals surface area contributed by atoms with E-state index in [9.17, 15) is 0 Å². The third kappa shape index (κ3) is 14.2. The standard InChI is InChI=1S/C10H15.C8H11.C2H6Ge.2ClH.Zr/c1-8-5-6-9(7-8)10(2,3)4;1-6-4-7(2)8(3)5-6;1-3-2;;;/h7H,6H2,1-4H3;4,6H,1-3H3;1-2H3;2*1H;/q2*-1;;;;+2/p-2. The molecule has 0 aromatic heterocycles. The summed E-state index contributed by atoms with van der Waals surface area (Å²) in [6.45, 7) is 15.2. The van der Waals surface area contributed by atoms with Crippen LogP contribution in [0.2, 0.25) is 11.5 Å². The van der Waals surface area contributed by atoms with Gasteiger partial charge in [0, 0.05) is 0 Å². The first kappa shape index (κ1) is 29.7. The van der Waals surface area contributed by atoms with Gasteiger partial charge in [0.15, 0.2) is 0 Å². The summed E-state index contributed by atoms with van der Waals surface area (Å²) >= 11 is 1.80. The van der Waals surface area contributed by atoms with Crippen LogP contribution in [0.1, 0.15) is 54.9 Å². The van der Waals surface area contributed by atoms with E-state index in [0.29, 0.717) is 11.3 Å². The predicted octanol–water partition coefficient (Wildman–Crippen LogP) is 0.236. The van der Waals surface area contributed by atoms with Crippen molar-refractivity contribution in [3.8, 4) is 0 Å². The molecule has 0 radical (unpaired) electrons. The van der Waals surface area contributed by atoms with Crippen LogP contribution in [-0.2, 0) is 21.6 Å². The van der Waals surface area contributed by atoms with Gasteiger partial charge in [-0.1, -0.05) is 47.5 Å². The largest absolute Gasteiger partial charge is 1.00 e. The summed E-state index contributed by atoms with van der Waals surface area (Å²) in [5, 5.41) is 0. The third-order valence-electron chi connectivity index (χ3n) is 3.45. The van der Waals surface area contributed by atoms with E-state index in [1.807, 2.05) is 0 Å². The Kier molecular flexibility index (Phi) is 17.4. The van der Waals surface area contributed by atoms with Crippen LogP contribution in [0.4, 0.5) is 0 Å². The van der Waals surface area contributed by atoms with Crippen LogP contribution in [0.25, 0.3) is 0 Å². The Labute approximate surface area is 179 Å². The van der Waals surface area contributed by atoms with Gasteiger partial charge in [-0.3, -0.25) is 12.2 Å². The average Bonchev–Trinajstić information content (AvgIpc) is 2.85. The van der Waals surface area contributed by atoms with Crippen molar-refractivity contribution >= 4 is 9.98 Å². The molecule has 4 heteroatoms. The maximum absolute atomic E-state index is 3.30. The molecule has 24 heavy (non-hydrogen) atoms. The van der Waals surface area contributed by atoms with E-state index >= 15 is 0 Å². The molecule has 0 aromatic rings. The number of halogens is 2. The van der Waals surface area contributed by atoms with E-state index in [1.54, 1.807) is 21.6 Å². The molecule has 0 heterocycles. The van der Waals surface area contributed by atoms with E-state index in [-0.39, 0.29) is 34.8 Å². The predicted molar refractivity (Wildman–Crippen MR) is 97.4 cm³/mol. The molecule has 1 atom stereocenters. The van der Waals surface area contributed by atoms with Crippen molar-refractivity contribution in [3.63, 3.8) is 0 Å².